The van der Waals surface area contributed by atoms with Crippen molar-refractivity contribution in [3.05, 3.63) is 60.4 Å². The van der Waals surface area contributed by atoms with Crippen LogP contribution in [0.5, 0.6) is 0 Å². The molecule has 1 rings (SSSR count). The molecule has 20 heavy (non-hydrogen) atoms. The van der Waals surface area contributed by atoms with Crippen LogP contribution < -0.4 is 0 Å². The van der Waals surface area contributed by atoms with Gasteiger partial charge < -0.3 is 4.74 Å². The lowest BCUT2D eigenvalue weighted by atomic mass is 10.3. The molecule has 1 aliphatic rings. The number of ether oxygens (including phenoxy) is 1. The van der Waals surface area contributed by atoms with E-state index in [9.17, 15) is 4.79 Å². The second-order valence-electron chi connectivity index (χ2n) is 3.77. The molecule has 2 nitrogen and oxygen atoms in total. The number of rotatable bonds is 4. The summed E-state index contributed by atoms with van der Waals surface area (Å²) in [7, 11) is 0. The molecule has 0 saturated heterocycles. The number of cyclic esters (lactones) is 1. The second kappa shape index (κ2) is 10.2. The van der Waals surface area contributed by atoms with Crippen LogP contribution in [0.15, 0.2) is 60.4 Å². The van der Waals surface area contributed by atoms with Crippen molar-refractivity contribution in [2.75, 3.05) is 0 Å². The van der Waals surface area contributed by atoms with Crippen LogP contribution >= 0.6 is 0 Å². The van der Waals surface area contributed by atoms with Crippen LogP contribution in [-0.4, -0.2) is 5.97 Å². The van der Waals surface area contributed by atoms with Gasteiger partial charge in [-0.05, 0) is 36.5 Å². The summed E-state index contributed by atoms with van der Waals surface area (Å²) in [6, 6.07) is 0. The first-order chi connectivity index (χ1) is 9.83. The van der Waals surface area contributed by atoms with Crippen molar-refractivity contribution in [2.24, 2.45) is 0 Å². The van der Waals surface area contributed by atoms with Crippen LogP contribution in [0, 0.1) is 23.7 Å². The van der Waals surface area contributed by atoms with Crippen LogP contribution in [0.4, 0.5) is 0 Å². The van der Waals surface area contributed by atoms with Crippen molar-refractivity contribution in [1.82, 2.24) is 0 Å². The summed E-state index contributed by atoms with van der Waals surface area (Å²) in [6.45, 7) is 2.09. The van der Waals surface area contributed by atoms with E-state index < -0.39 is 0 Å². The molecule has 0 amide bonds. The monoisotopic (exact) mass is 264 g/mol. The Morgan fingerprint density at radius 1 is 1.10 bits per heavy atom. The minimum absolute atomic E-state index is 0.330. The third kappa shape index (κ3) is 7.58. The highest BCUT2D eigenvalue weighted by molar-refractivity contribution is 5.86. The Kier molecular flexibility index (Phi) is 7.85. The van der Waals surface area contributed by atoms with Crippen molar-refractivity contribution in [1.29, 1.82) is 0 Å². The molecule has 0 radical (unpaired) electrons. The summed E-state index contributed by atoms with van der Waals surface area (Å²) in [5.74, 6) is 11.5. The molecular formula is C18H16O2. The average molecular weight is 264 g/mol. The van der Waals surface area contributed by atoms with Crippen LogP contribution in [0.1, 0.15) is 19.8 Å². The molecule has 0 spiro atoms. The van der Waals surface area contributed by atoms with Gasteiger partial charge in [0.15, 0.2) is 0 Å². The molecule has 0 bridgehead atoms. The number of allylic oxidation sites excluding steroid dienone is 8. The van der Waals surface area contributed by atoms with E-state index in [0.717, 1.165) is 12.8 Å². The summed E-state index contributed by atoms with van der Waals surface area (Å²) in [5, 5.41) is 0. The van der Waals surface area contributed by atoms with Crippen molar-refractivity contribution in [3.63, 3.8) is 0 Å². The molecule has 1 aliphatic heterocycles. The molecule has 0 saturated carbocycles. The minimum atomic E-state index is -0.330. The topological polar surface area (TPSA) is 26.3 Å². The summed E-state index contributed by atoms with van der Waals surface area (Å²) >= 11 is 0. The lowest BCUT2D eigenvalue weighted by molar-refractivity contribution is -0.132. The maximum absolute atomic E-state index is 10.8. The maximum atomic E-state index is 10.8. The number of esters is 1. The van der Waals surface area contributed by atoms with Gasteiger partial charge in [0.05, 0.1) is 0 Å². The first-order valence-corrected chi connectivity index (χ1v) is 6.41. The molecule has 0 aromatic heterocycles. The van der Waals surface area contributed by atoms with E-state index in [1.165, 1.54) is 6.08 Å². The molecule has 0 atom stereocenters. The number of carbonyl (C=O) groups excluding carboxylic acids is 1. The quantitative estimate of drug-likeness (QED) is 0.441. The van der Waals surface area contributed by atoms with E-state index in [2.05, 4.69) is 30.6 Å². The highest BCUT2D eigenvalue weighted by atomic mass is 16.5. The van der Waals surface area contributed by atoms with E-state index in [0.29, 0.717) is 5.76 Å². The summed E-state index contributed by atoms with van der Waals surface area (Å²) in [4.78, 5) is 10.8. The standard InChI is InChI=1S/C18H16O2/c1-2-3-4-5-6-7-8-9-10-11-12-13-14-17-15-16-18(19)20-17/h8-16H,2-3H2,1H3/b9-8+,11-10+,13-12+,17-14+. The van der Waals surface area contributed by atoms with Crippen molar-refractivity contribution >= 4 is 5.97 Å². The van der Waals surface area contributed by atoms with E-state index in [-0.39, 0.29) is 5.97 Å². The van der Waals surface area contributed by atoms with Crippen molar-refractivity contribution in [2.45, 2.75) is 19.8 Å². The van der Waals surface area contributed by atoms with Crippen LogP contribution in [-0.2, 0) is 9.53 Å². The maximum Gasteiger partial charge on any atom is 0.336 e. The first-order valence-electron chi connectivity index (χ1n) is 6.41. The lowest BCUT2D eigenvalue weighted by Gasteiger charge is -1.90. The minimum Gasteiger partial charge on any atom is -0.423 e. The molecule has 0 aromatic rings. The number of hydrogen-bond donors (Lipinski definition) is 0. The van der Waals surface area contributed by atoms with Gasteiger partial charge in [-0.3, -0.25) is 0 Å². The molecule has 2 heteroatoms. The Morgan fingerprint density at radius 3 is 2.65 bits per heavy atom. The molecule has 0 unspecified atom stereocenters. The molecule has 0 aliphatic carbocycles. The third-order valence-corrected chi connectivity index (χ3v) is 2.08. The Morgan fingerprint density at radius 2 is 1.90 bits per heavy atom. The number of unbranched alkanes of at least 4 members (excludes halogenated alkanes) is 1. The largest absolute Gasteiger partial charge is 0.423 e. The smallest absolute Gasteiger partial charge is 0.336 e. The van der Waals surface area contributed by atoms with Gasteiger partial charge in [-0.2, -0.15) is 0 Å². The zero-order valence-corrected chi connectivity index (χ0v) is 11.4. The van der Waals surface area contributed by atoms with E-state index >= 15 is 0 Å². The molecule has 0 aromatic carbocycles. The normalized spacial score (nSPS) is 15.7. The fraction of sp³-hybridized carbons (Fsp3) is 0.167. The fourth-order valence-corrected chi connectivity index (χ4v) is 1.18. The fourth-order valence-electron chi connectivity index (χ4n) is 1.18. The number of hydrogen-bond acceptors (Lipinski definition) is 2. The van der Waals surface area contributed by atoms with Gasteiger partial charge in [-0.25, -0.2) is 4.79 Å². The van der Waals surface area contributed by atoms with Crippen molar-refractivity contribution in [3.8, 4) is 23.7 Å². The van der Waals surface area contributed by atoms with Gasteiger partial charge in [0.1, 0.15) is 5.76 Å². The zero-order valence-electron chi connectivity index (χ0n) is 11.4. The predicted octanol–water partition coefficient (Wildman–Crippen LogP) is 3.46. The molecule has 100 valence electrons. The highest BCUT2D eigenvalue weighted by Crippen LogP contribution is 2.08. The van der Waals surface area contributed by atoms with Crippen LogP contribution in [0.25, 0.3) is 0 Å². The highest BCUT2D eigenvalue weighted by Gasteiger charge is 2.06. The zero-order chi connectivity index (χ0) is 14.5. The first kappa shape index (κ1) is 15.3. The van der Waals surface area contributed by atoms with Gasteiger partial charge in [0.2, 0.25) is 0 Å². The third-order valence-electron chi connectivity index (χ3n) is 2.08. The van der Waals surface area contributed by atoms with Crippen LogP contribution in [0.3, 0.4) is 0 Å². The van der Waals surface area contributed by atoms with Crippen LogP contribution in [0.2, 0.25) is 0 Å². The Labute approximate surface area is 120 Å². The molecule has 0 fully saturated rings. The van der Waals surface area contributed by atoms with Gasteiger partial charge in [0.25, 0.3) is 0 Å². The Bertz CT molecular complexity index is 591. The lowest BCUT2D eigenvalue weighted by Crippen LogP contribution is -1.89. The summed E-state index contributed by atoms with van der Waals surface area (Å²) in [6.07, 6.45) is 17.6. The second-order valence-corrected chi connectivity index (χ2v) is 3.77. The van der Waals surface area contributed by atoms with E-state index in [1.54, 1.807) is 24.3 Å². The Balaban J connectivity index is 2.27. The summed E-state index contributed by atoms with van der Waals surface area (Å²) in [5.41, 5.74) is 0. The van der Waals surface area contributed by atoms with Crippen molar-refractivity contribution < 1.29 is 9.53 Å². The predicted molar refractivity (Wildman–Crippen MR) is 81.2 cm³/mol. The van der Waals surface area contributed by atoms with Gasteiger partial charge in [-0.15, -0.1) is 0 Å². The Hall–Kier alpha value is -2.71. The van der Waals surface area contributed by atoms with Gasteiger partial charge in [0, 0.05) is 12.5 Å². The molecule has 1 heterocycles. The SMILES string of the molecule is CCCC#CC#C/C=C/C=C/C=C/C=C1\C=CC(=O)O1. The average Bonchev–Trinajstić information content (AvgIpc) is 2.86. The van der Waals surface area contributed by atoms with E-state index in [1.807, 2.05) is 24.3 Å². The van der Waals surface area contributed by atoms with E-state index in [4.69, 9.17) is 4.74 Å². The van der Waals surface area contributed by atoms with Gasteiger partial charge >= 0.3 is 5.97 Å². The summed E-state index contributed by atoms with van der Waals surface area (Å²) < 4.78 is 4.85. The number of carbonyl (C=O) groups is 1. The van der Waals surface area contributed by atoms with Gasteiger partial charge in [-0.1, -0.05) is 49.1 Å². The molecule has 0 N–H and O–H groups in total. The molecular weight excluding hydrogens is 248 g/mol.